The fourth-order valence-electron chi connectivity index (χ4n) is 3.16. The Morgan fingerprint density at radius 1 is 1.09 bits per heavy atom. The number of carbonyl (C=O) groups is 1. The molecule has 4 heteroatoms. The van der Waals surface area contributed by atoms with Gasteiger partial charge in [0.1, 0.15) is 5.75 Å². The Morgan fingerprint density at radius 3 is 2.87 bits per heavy atom. The summed E-state index contributed by atoms with van der Waals surface area (Å²) in [4.78, 5) is 12.7. The molecule has 116 valence electrons. The molecule has 0 unspecified atom stereocenters. The van der Waals surface area contributed by atoms with Crippen LogP contribution in [0.1, 0.15) is 33.5 Å². The number of fused-ring (bicyclic) bond motifs is 2. The molecule has 0 N–H and O–H groups in total. The summed E-state index contributed by atoms with van der Waals surface area (Å²) in [5.74, 6) is 0.854. The second kappa shape index (κ2) is 5.84. The smallest absolute Gasteiger partial charge is 0.189 e. The lowest BCUT2D eigenvalue weighted by Crippen LogP contribution is -2.15. The van der Waals surface area contributed by atoms with Gasteiger partial charge in [-0.1, -0.05) is 35.9 Å². The molecule has 2 aromatic carbocycles. The van der Waals surface area contributed by atoms with Crippen LogP contribution in [0.4, 0.5) is 0 Å². The Hall–Kier alpha value is -2.10. The van der Waals surface area contributed by atoms with Crippen molar-refractivity contribution in [2.75, 3.05) is 6.79 Å². The molecule has 3 nitrogen and oxygen atoms in total. The van der Waals surface area contributed by atoms with E-state index in [4.69, 9.17) is 21.1 Å². The van der Waals surface area contributed by atoms with Gasteiger partial charge in [-0.05, 0) is 36.6 Å². The van der Waals surface area contributed by atoms with Crippen LogP contribution in [0.5, 0.6) is 5.75 Å². The summed E-state index contributed by atoms with van der Waals surface area (Å²) < 4.78 is 10.9. The van der Waals surface area contributed by atoms with Crippen LogP contribution < -0.4 is 4.74 Å². The molecule has 0 atom stereocenters. The molecule has 0 radical (unpaired) electrons. The Morgan fingerprint density at radius 2 is 1.96 bits per heavy atom. The molecule has 0 bridgehead atoms. The van der Waals surface area contributed by atoms with E-state index in [2.05, 4.69) is 0 Å². The Labute approximate surface area is 139 Å². The second-order valence-electron chi connectivity index (χ2n) is 5.75. The third kappa shape index (κ3) is 2.67. The average molecular weight is 327 g/mol. The number of ketones is 1. The van der Waals surface area contributed by atoms with Crippen molar-refractivity contribution in [3.05, 3.63) is 69.2 Å². The first-order valence-electron chi connectivity index (χ1n) is 7.58. The highest BCUT2D eigenvalue weighted by Gasteiger charge is 2.23. The van der Waals surface area contributed by atoms with Gasteiger partial charge in [-0.25, -0.2) is 0 Å². The lowest BCUT2D eigenvalue weighted by molar-refractivity contribution is -0.0165. The Balaban J connectivity index is 1.77. The van der Waals surface area contributed by atoms with E-state index in [0.717, 1.165) is 46.4 Å². The number of hydrogen-bond acceptors (Lipinski definition) is 3. The summed E-state index contributed by atoms with van der Waals surface area (Å²) in [5.41, 5.74) is 4.47. The zero-order chi connectivity index (χ0) is 15.8. The molecular formula is C19H15ClO3. The predicted octanol–water partition coefficient (Wildman–Crippen LogP) is 4.42. The van der Waals surface area contributed by atoms with Crippen LogP contribution in [0, 0.1) is 0 Å². The van der Waals surface area contributed by atoms with Gasteiger partial charge in [-0.3, -0.25) is 4.79 Å². The van der Waals surface area contributed by atoms with E-state index in [-0.39, 0.29) is 12.6 Å². The number of hydrogen-bond donors (Lipinski definition) is 0. The van der Waals surface area contributed by atoms with Crippen LogP contribution in [-0.2, 0) is 17.8 Å². The highest BCUT2D eigenvalue weighted by molar-refractivity contribution is 6.31. The van der Waals surface area contributed by atoms with Gasteiger partial charge in [0, 0.05) is 27.3 Å². The van der Waals surface area contributed by atoms with Crippen molar-refractivity contribution in [2.24, 2.45) is 0 Å². The molecule has 0 saturated carbocycles. The lowest BCUT2D eigenvalue weighted by atomic mass is 9.86. The average Bonchev–Trinajstić information content (AvgIpc) is 2.57. The van der Waals surface area contributed by atoms with Crippen molar-refractivity contribution in [2.45, 2.75) is 19.4 Å². The summed E-state index contributed by atoms with van der Waals surface area (Å²) >= 11 is 6.19. The van der Waals surface area contributed by atoms with Gasteiger partial charge in [0.2, 0.25) is 0 Å². The van der Waals surface area contributed by atoms with Gasteiger partial charge in [-0.2, -0.15) is 0 Å². The van der Waals surface area contributed by atoms with Gasteiger partial charge in [0.15, 0.2) is 12.6 Å². The minimum atomic E-state index is 0.0904. The minimum Gasteiger partial charge on any atom is -0.467 e. The van der Waals surface area contributed by atoms with Crippen molar-refractivity contribution >= 4 is 23.5 Å². The number of carbonyl (C=O) groups excluding carboxylic acids is 1. The number of allylic oxidation sites excluding steroid dienone is 1. The minimum absolute atomic E-state index is 0.0904. The fourth-order valence-corrected chi connectivity index (χ4v) is 3.41. The maximum absolute atomic E-state index is 12.7. The molecule has 0 aromatic heterocycles. The molecule has 2 aromatic rings. The van der Waals surface area contributed by atoms with E-state index in [0.29, 0.717) is 11.6 Å². The van der Waals surface area contributed by atoms with Crippen LogP contribution in [0.15, 0.2) is 42.0 Å². The second-order valence-corrected chi connectivity index (χ2v) is 6.19. The summed E-state index contributed by atoms with van der Waals surface area (Å²) in [6.07, 6.45) is 3.52. The molecule has 23 heavy (non-hydrogen) atoms. The predicted molar refractivity (Wildman–Crippen MR) is 88.8 cm³/mol. The van der Waals surface area contributed by atoms with Crippen molar-refractivity contribution in [3.8, 4) is 5.75 Å². The number of benzene rings is 2. The number of aryl methyl sites for hydroxylation is 1. The molecule has 1 aliphatic heterocycles. The van der Waals surface area contributed by atoms with Crippen LogP contribution >= 0.6 is 11.6 Å². The molecule has 4 rings (SSSR count). The van der Waals surface area contributed by atoms with E-state index in [9.17, 15) is 4.79 Å². The maximum Gasteiger partial charge on any atom is 0.189 e. The molecule has 1 aliphatic carbocycles. The number of halogens is 1. The SMILES string of the molecule is O=C1C(=Cc2cc(Cl)cc3c2OCOC3)CCc2ccccc21. The Kier molecular flexibility index (Phi) is 3.68. The van der Waals surface area contributed by atoms with E-state index in [1.807, 2.05) is 42.5 Å². The quantitative estimate of drug-likeness (QED) is 0.728. The van der Waals surface area contributed by atoms with E-state index in [1.165, 1.54) is 0 Å². The monoisotopic (exact) mass is 326 g/mol. The zero-order valence-corrected chi connectivity index (χ0v) is 13.2. The standard InChI is InChI=1S/C19H15ClO3/c20-16-8-14(19-15(9-16)10-22-11-23-19)7-13-6-5-12-3-1-2-4-17(12)18(13)21/h1-4,7-9H,5-6,10-11H2. The number of rotatable bonds is 1. The topological polar surface area (TPSA) is 35.5 Å². The van der Waals surface area contributed by atoms with Crippen LogP contribution in [0.2, 0.25) is 5.02 Å². The number of ether oxygens (including phenoxy) is 2. The molecule has 0 amide bonds. The van der Waals surface area contributed by atoms with E-state index < -0.39 is 0 Å². The largest absolute Gasteiger partial charge is 0.467 e. The van der Waals surface area contributed by atoms with Gasteiger partial charge in [0.25, 0.3) is 0 Å². The van der Waals surface area contributed by atoms with Crippen molar-refractivity contribution < 1.29 is 14.3 Å². The first-order valence-corrected chi connectivity index (χ1v) is 7.96. The first-order chi connectivity index (χ1) is 11.2. The van der Waals surface area contributed by atoms with E-state index >= 15 is 0 Å². The summed E-state index contributed by atoms with van der Waals surface area (Å²) in [6, 6.07) is 11.5. The summed E-state index contributed by atoms with van der Waals surface area (Å²) in [7, 11) is 0. The fraction of sp³-hybridized carbons (Fsp3) is 0.211. The first kappa shape index (κ1) is 14.5. The highest BCUT2D eigenvalue weighted by Crippen LogP contribution is 2.35. The number of Topliss-reactive ketones (excluding diaryl/α,β-unsaturated/α-hetero) is 1. The Bertz CT molecular complexity index is 823. The highest BCUT2D eigenvalue weighted by atomic mass is 35.5. The van der Waals surface area contributed by atoms with Crippen molar-refractivity contribution in [3.63, 3.8) is 0 Å². The van der Waals surface area contributed by atoms with Gasteiger partial charge in [-0.15, -0.1) is 0 Å². The third-order valence-corrected chi connectivity index (χ3v) is 4.47. The zero-order valence-electron chi connectivity index (χ0n) is 12.5. The normalized spacial score (nSPS) is 18.3. The third-order valence-electron chi connectivity index (χ3n) is 4.25. The maximum atomic E-state index is 12.7. The van der Waals surface area contributed by atoms with Crippen LogP contribution in [0.3, 0.4) is 0 Å². The van der Waals surface area contributed by atoms with Gasteiger partial charge in [0.05, 0.1) is 6.61 Å². The van der Waals surface area contributed by atoms with E-state index in [1.54, 1.807) is 0 Å². The van der Waals surface area contributed by atoms with Crippen LogP contribution in [-0.4, -0.2) is 12.6 Å². The molecule has 0 saturated heterocycles. The van der Waals surface area contributed by atoms with Gasteiger partial charge >= 0.3 is 0 Å². The molecule has 2 aliphatic rings. The van der Waals surface area contributed by atoms with Crippen molar-refractivity contribution in [1.82, 2.24) is 0 Å². The molecule has 1 heterocycles. The molecule has 0 fully saturated rings. The van der Waals surface area contributed by atoms with Crippen molar-refractivity contribution in [1.29, 1.82) is 0 Å². The van der Waals surface area contributed by atoms with Gasteiger partial charge < -0.3 is 9.47 Å². The lowest BCUT2D eigenvalue weighted by Gasteiger charge is -2.21. The molecule has 0 spiro atoms. The summed E-state index contributed by atoms with van der Waals surface area (Å²) in [5, 5.41) is 0.619. The summed E-state index contributed by atoms with van der Waals surface area (Å²) in [6.45, 7) is 0.699. The van der Waals surface area contributed by atoms with Crippen LogP contribution in [0.25, 0.3) is 6.08 Å². The molecular weight excluding hydrogens is 312 g/mol.